The van der Waals surface area contributed by atoms with Crippen LogP contribution < -0.4 is 21.5 Å². The molecule has 2 aromatic carbocycles. The number of nitrogens with zero attached hydrogens (tertiary/aromatic N) is 3. The SMILES string of the molecule is COc1ccc(C(CC[N+]2(CCCc3ccccc3)CCCC(NC(=O)c3nc(Cl)c(N)nc3N)C2)OC(=O)C(F)(F)F)cc1. The first kappa shape index (κ1) is 33.8. The van der Waals surface area contributed by atoms with E-state index in [1.165, 1.54) is 12.7 Å². The number of likely N-dealkylation sites (tertiary alicyclic amines) is 1. The Bertz CT molecular complexity index is 1460. The molecule has 5 N–H and O–H groups in total. The Morgan fingerprint density at radius 2 is 1.78 bits per heavy atom. The lowest BCUT2D eigenvalue weighted by Gasteiger charge is -2.45. The van der Waals surface area contributed by atoms with Gasteiger partial charge in [0.2, 0.25) is 0 Å². The lowest BCUT2D eigenvalue weighted by molar-refractivity contribution is -0.934. The van der Waals surface area contributed by atoms with E-state index in [1.54, 1.807) is 24.3 Å². The van der Waals surface area contributed by atoms with E-state index >= 15 is 0 Å². The van der Waals surface area contributed by atoms with E-state index in [4.69, 9.17) is 32.5 Å². The van der Waals surface area contributed by atoms with Gasteiger partial charge in [0.05, 0.1) is 39.3 Å². The molecular formula is C31H37ClF3N6O4+. The number of rotatable bonds is 12. The summed E-state index contributed by atoms with van der Waals surface area (Å²) in [5.41, 5.74) is 13.0. The highest BCUT2D eigenvalue weighted by molar-refractivity contribution is 6.31. The Kier molecular flexibility index (Phi) is 11.1. The maximum Gasteiger partial charge on any atom is 0.490 e. The molecule has 1 aromatic heterocycles. The highest BCUT2D eigenvalue weighted by atomic mass is 35.5. The Morgan fingerprint density at radius 1 is 1.07 bits per heavy atom. The number of aromatic nitrogens is 2. The lowest BCUT2D eigenvalue weighted by Crippen LogP contribution is -2.60. The van der Waals surface area contributed by atoms with Crippen molar-refractivity contribution in [3.63, 3.8) is 0 Å². The van der Waals surface area contributed by atoms with Crippen molar-refractivity contribution < 1.29 is 36.7 Å². The molecule has 10 nitrogen and oxygen atoms in total. The van der Waals surface area contributed by atoms with Crippen molar-refractivity contribution in [3.8, 4) is 5.75 Å². The zero-order valence-corrected chi connectivity index (χ0v) is 25.6. The number of nitrogens with two attached hydrogens (primary N) is 2. The number of alkyl halides is 3. The van der Waals surface area contributed by atoms with Crippen LogP contribution in [0.3, 0.4) is 0 Å². The molecule has 0 aliphatic carbocycles. The smallest absolute Gasteiger partial charge is 0.490 e. The van der Waals surface area contributed by atoms with Crippen molar-refractivity contribution in [3.05, 3.63) is 76.6 Å². The molecule has 0 bridgehead atoms. The number of piperidine rings is 1. The Labute approximate surface area is 264 Å². The van der Waals surface area contributed by atoms with Gasteiger partial charge in [-0.2, -0.15) is 13.2 Å². The second-order valence-corrected chi connectivity index (χ2v) is 11.5. The Hall–Kier alpha value is -4.10. The average molecular weight is 650 g/mol. The zero-order valence-electron chi connectivity index (χ0n) is 24.9. The quantitative estimate of drug-likeness (QED) is 0.186. The molecule has 1 aliphatic rings. The largest absolute Gasteiger partial charge is 0.497 e. The summed E-state index contributed by atoms with van der Waals surface area (Å²) in [5, 5.41) is 2.85. The fourth-order valence-corrected chi connectivity index (χ4v) is 5.91. The van der Waals surface area contributed by atoms with Gasteiger partial charge < -0.3 is 30.7 Å². The van der Waals surface area contributed by atoms with E-state index in [1.807, 2.05) is 30.3 Å². The van der Waals surface area contributed by atoms with Crippen molar-refractivity contribution in [2.75, 3.05) is 44.8 Å². The second-order valence-electron chi connectivity index (χ2n) is 11.2. The third-order valence-corrected chi connectivity index (χ3v) is 8.30. The summed E-state index contributed by atoms with van der Waals surface area (Å²) in [6, 6.07) is 16.1. The Morgan fingerprint density at radius 3 is 2.44 bits per heavy atom. The molecule has 14 heteroatoms. The molecule has 3 unspecified atom stereocenters. The van der Waals surface area contributed by atoms with Gasteiger partial charge in [-0.05, 0) is 42.5 Å². The van der Waals surface area contributed by atoms with Gasteiger partial charge in [0, 0.05) is 12.8 Å². The van der Waals surface area contributed by atoms with Gasteiger partial charge in [-0.25, -0.2) is 14.8 Å². The van der Waals surface area contributed by atoms with Gasteiger partial charge in [-0.3, -0.25) is 4.79 Å². The first-order chi connectivity index (χ1) is 21.4. The highest BCUT2D eigenvalue weighted by Gasteiger charge is 2.43. The van der Waals surface area contributed by atoms with Crippen molar-refractivity contribution >= 4 is 35.1 Å². The number of carbonyl (C=O) groups is 2. The molecule has 0 saturated carbocycles. The Balaban J connectivity index is 1.55. The summed E-state index contributed by atoms with van der Waals surface area (Å²) in [6.45, 7) is 2.33. The average Bonchev–Trinajstić information content (AvgIpc) is 3.01. The van der Waals surface area contributed by atoms with Crippen LogP contribution in [0.5, 0.6) is 5.75 Å². The maximum absolute atomic E-state index is 13.3. The molecule has 45 heavy (non-hydrogen) atoms. The molecule has 4 rings (SSSR count). The van der Waals surface area contributed by atoms with Crippen LogP contribution in [0.25, 0.3) is 0 Å². The number of hydrogen-bond acceptors (Lipinski definition) is 8. The number of halogens is 4. The minimum atomic E-state index is -5.14. The van der Waals surface area contributed by atoms with Crippen LogP contribution in [0.4, 0.5) is 24.8 Å². The first-order valence-corrected chi connectivity index (χ1v) is 15.0. The zero-order chi connectivity index (χ0) is 32.6. The molecule has 3 aromatic rings. The maximum atomic E-state index is 13.3. The molecular weight excluding hydrogens is 613 g/mol. The van der Waals surface area contributed by atoms with E-state index in [2.05, 4.69) is 15.3 Å². The minimum absolute atomic E-state index is 0.0879. The molecule has 1 amide bonds. The van der Waals surface area contributed by atoms with E-state index in [-0.39, 0.29) is 34.9 Å². The van der Waals surface area contributed by atoms with E-state index in [0.717, 1.165) is 25.8 Å². The van der Waals surface area contributed by atoms with Gasteiger partial charge in [0.15, 0.2) is 22.5 Å². The first-order valence-electron chi connectivity index (χ1n) is 14.6. The number of amides is 1. The molecule has 2 heterocycles. The molecule has 242 valence electrons. The van der Waals surface area contributed by atoms with Gasteiger partial charge in [0.1, 0.15) is 11.9 Å². The summed E-state index contributed by atoms with van der Waals surface area (Å²) < 4.78 is 50.5. The van der Waals surface area contributed by atoms with Crippen LogP contribution in [-0.4, -0.2) is 71.8 Å². The molecule has 3 atom stereocenters. The fourth-order valence-electron chi connectivity index (χ4n) is 5.78. The predicted octanol–water partition coefficient (Wildman–Crippen LogP) is 4.88. The monoisotopic (exact) mass is 649 g/mol. The van der Waals surface area contributed by atoms with Crippen LogP contribution in [-0.2, 0) is 16.0 Å². The van der Waals surface area contributed by atoms with Crippen LogP contribution in [0.2, 0.25) is 5.15 Å². The number of quaternary nitrogens is 1. The lowest BCUT2D eigenvalue weighted by atomic mass is 9.98. The number of hydrogen-bond donors (Lipinski definition) is 3. The summed E-state index contributed by atoms with van der Waals surface area (Å²) in [5.74, 6) is -2.51. The van der Waals surface area contributed by atoms with E-state index < -0.39 is 24.2 Å². The van der Waals surface area contributed by atoms with E-state index in [9.17, 15) is 22.8 Å². The van der Waals surface area contributed by atoms with Gasteiger partial charge in [-0.1, -0.05) is 54.1 Å². The second kappa shape index (κ2) is 14.8. The van der Waals surface area contributed by atoms with Crippen LogP contribution >= 0.6 is 11.6 Å². The predicted molar refractivity (Wildman–Crippen MR) is 163 cm³/mol. The van der Waals surface area contributed by atoms with Crippen LogP contribution in [0.1, 0.15) is 53.4 Å². The van der Waals surface area contributed by atoms with Gasteiger partial charge in [-0.15, -0.1) is 0 Å². The normalized spacial score (nSPS) is 19.0. The topological polar surface area (TPSA) is 142 Å². The highest BCUT2D eigenvalue weighted by Crippen LogP contribution is 2.31. The number of nitrogen functional groups attached to an aromatic ring is 2. The number of esters is 1. The molecule has 1 fully saturated rings. The van der Waals surface area contributed by atoms with Crippen molar-refractivity contribution in [1.82, 2.24) is 15.3 Å². The molecule has 1 aliphatic heterocycles. The van der Waals surface area contributed by atoms with Crippen molar-refractivity contribution in [2.45, 2.75) is 50.4 Å². The van der Waals surface area contributed by atoms with Crippen molar-refractivity contribution in [1.29, 1.82) is 0 Å². The number of benzene rings is 2. The number of methoxy groups -OCH3 is 1. The third-order valence-electron chi connectivity index (χ3n) is 8.02. The number of carbonyl (C=O) groups excluding carboxylic acids is 2. The van der Waals surface area contributed by atoms with Crippen LogP contribution in [0, 0.1) is 0 Å². The molecule has 1 saturated heterocycles. The fraction of sp³-hybridized carbons (Fsp3) is 0.419. The number of nitrogens with one attached hydrogen (secondary N) is 1. The standard InChI is InChI=1S/C31H36ClF3N6O4/c1-44-23-13-11-21(12-14-23)24(45-30(43)31(33,34)35)15-18-41(16-5-9-20-7-3-2-4-8-20)17-6-10-22(19-41)38-29(42)25-27(36)40-28(37)26(32)39-25/h2-4,7-8,11-14,22,24H,5-6,9-10,15-19H2,1H3,(H4-,36,37,38,40,42)/p+1. The number of aryl methyl sites for hydroxylation is 1. The van der Waals surface area contributed by atoms with Gasteiger partial charge in [0.25, 0.3) is 5.91 Å². The number of anilines is 2. The summed E-state index contributed by atoms with van der Waals surface area (Å²) in [4.78, 5) is 33.0. The number of ether oxygens (including phenoxy) is 2. The molecule has 0 radical (unpaired) electrons. The van der Waals surface area contributed by atoms with Crippen molar-refractivity contribution in [2.24, 2.45) is 0 Å². The minimum Gasteiger partial charge on any atom is -0.497 e. The summed E-state index contributed by atoms with van der Waals surface area (Å²) >= 11 is 5.98. The third kappa shape index (κ3) is 9.21. The molecule has 0 spiro atoms. The summed E-state index contributed by atoms with van der Waals surface area (Å²) in [7, 11) is 1.48. The summed E-state index contributed by atoms with van der Waals surface area (Å²) in [6.07, 6.45) is -3.13. The van der Waals surface area contributed by atoms with E-state index in [0.29, 0.717) is 41.9 Å². The van der Waals surface area contributed by atoms with Crippen LogP contribution in [0.15, 0.2) is 54.6 Å². The van der Waals surface area contributed by atoms with Gasteiger partial charge >= 0.3 is 12.1 Å².